The highest BCUT2D eigenvalue weighted by Crippen LogP contribution is 2.29. The molecule has 0 aliphatic rings. The fourth-order valence-corrected chi connectivity index (χ4v) is 4.80. The predicted octanol–water partition coefficient (Wildman–Crippen LogP) is 4.21. The topological polar surface area (TPSA) is 52.2 Å². The molecule has 0 saturated heterocycles. The Kier molecular flexibility index (Phi) is 4.10. The molecular weight excluding hydrogens is 376 g/mol. The Morgan fingerprint density at radius 1 is 1.24 bits per heavy atom. The third kappa shape index (κ3) is 2.86. The van der Waals surface area contributed by atoms with Gasteiger partial charge in [0.25, 0.3) is 5.56 Å². The molecule has 8 heteroatoms. The van der Waals surface area contributed by atoms with E-state index in [0.29, 0.717) is 15.9 Å². The molecule has 0 fully saturated rings. The molecule has 5 nitrogen and oxygen atoms in total. The van der Waals surface area contributed by atoms with Crippen LogP contribution in [0.4, 0.5) is 0 Å². The molecule has 0 spiro atoms. The van der Waals surface area contributed by atoms with Gasteiger partial charge in [0.15, 0.2) is 5.16 Å². The Balaban J connectivity index is 1.68. The van der Waals surface area contributed by atoms with Crippen LogP contribution in [0, 0.1) is 13.8 Å². The van der Waals surface area contributed by atoms with Crippen LogP contribution in [0.15, 0.2) is 34.5 Å². The van der Waals surface area contributed by atoms with Gasteiger partial charge in [0.1, 0.15) is 10.5 Å². The van der Waals surface area contributed by atoms with E-state index in [1.54, 1.807) is 23.0 Å². The minimum absolute atomic E-state index is 0.0103. The fraction of sp³-hybridized carbons (Fsp3) is 0.235. The summed E-state index contributed by atoms with van der Waals surface area (Å²) in [5.74, 6) is 0.633. The zero-order valence-electron chi connectivity index (χ0n) is 13.9. The second kappa shape index (κ2) is 6.16. The molecular formula is C17H15ClN4OS2. The van der Waals surface area contributed by atoms with Gasteiger partial charge < -0.3 is 4.40 Å². The van der Waals surface area contributed by atoms with Crippen molar-refractivity contribution in [2.24, 2.45) is 7.05 Å². The molecule has 0 N–H and O–H groups in total. The minimum atomic E-state index is 0.0103. The number of thioether (sulfide) groups is 1. The molecule has 4 rings (SSSR count). The number of thiophene rings is 1. The predicted molar refractivity (Wildman–Crippen MR) is 104 cm³/mol. The summed E-state index contributed by atoms with van der Waals surface area (Å²) in [6.45, 7) is 4.00. The number of aromatic nitrogens is 4. The zero-order valence-corrected chi connectivity index (χ0v) is 16.3. The van der Waals surface area contributed by atoms with Gasteiger partial charge in [0, 0.05) is 30.1 Å². The van der Waals surface area contributed by atoms with Crippen LogP contribution in [0.5, 0.6) is 0 Å². The van der Waals surface area contributed by atoms with Crippen molar-refractivity contribution in [3.05, 3.63) is 56.0 Å². The lowest BCUT2D eigenvalue weighted by atomic mass is 10.2. The summed E-state index contributed by atoms with van der Waals surface area (Å²) in [6, 6.07) is 3.70. The Hall–Kier alpha value is -1.83. The molecule has 4 aromatic rings. The molecule has 0 unspecified atom stereocenters. The van der Waals surface area contributed by atoms with Crippen LogP contribution in [0.1, 0.15) is 16.1 Å². The van der Waals surface area contributed by atoms with Crippen molar-refractivity contribution in [1.29, 1.82) is 0 Å². The highest BCUT2D eigenvalue weighted by atomic mass is 35.5. The first-order chi connectivity index (χ1) is 11.9. The molecule has 0 aromatic carbocycles. The quantitative estimate of drug-likeness (QED) is 0.388. The van der Waals surface area contributed by atoms with Crippen LogP contribution in [-0.2, 0) is 12.8 Å². The van der Waals surface area contributed by atoms with Gasteiger partial charge in [0.05, 0.1) is 16.1 Å². The molecule has 0 aliphatic carbocycles. The van der Waals surface area contributed by atoms with Crippen LogP contribution < -0.4 is 5.56 Å². The zero-order chi connectivity index (χ0) is 17.7. The number of fused-ring (bicyclic) bond motifs is 2. The molecule has 0 bridgehead atoms. The first kappa shape index (κ1) is 16.6. The third-order valence-electron chi connectivity index (χ3n) is 4.18. The lowest BCUT2D eigenvalue weighted by molar-refractivity contribution is 0.727. The van der Waals surface area contributed by atoms with Crippen LogP contribution in [-0.4, -0.2) is 18.9 Å². The largest absolute Gasteiger partial charge is 0.305 e. The van der Waals surface area contributed by atoms with E-state index in [1.807, 2.05) is 42.8 Å². The summed E-state index contributed by atoms with van der Waals surface area (Å²) in [5, 5.41) is 2.10. The van der Waals surface area contributed by atoms with E-state index in [9.17, 15) is 4.79 Å². The molecule has 0 radical (unpaired) electrons. The lowest BCUT2D eigenvalue weighted by Gasteiger charge is -2.06. The van der Waals surface area contributed by atoms with Crippen molar-refractivity contribution in [3.8, 4) is 0 Å². The number of nitrogens with zero attached hydrogens (tertiary/aromatic N) is 4. The van der Waals surface area contributed by atoms with E-state index < -0.39 is 0 Å². The fourth-order valence-electron chi connectivity index (χ4n) is 2.71. The van der Waals surface area contributed by atoms with Gasteiger partial charge in [0.2, 0.25) is 0 Å². The lowest BCUT2D eigenvalue weighted by Crippen LogP contribution is -2.19. The molecule has 4 aromatic heterocycles. The van der Waals surface area contributed by atoms with E-state index >= 15 is 0 Å². The van der Waals surface area contributed by atoms with Gasteiger partial charge in [-0.25, -0.2) is 9.97 Å². The molecule has 0 saturated carbocycles. The smallest absolute Gasteiger partial charge is 0.262 e. The summed E-state index contributed by atoms with van der Waals surface area (Å²) in [7, 11) is 1.77. The highest BCUT2D eigenvalue weighted by Gasteiger charge is 2.15. The van der Waals surface area contributed by atoms with E-state index in [4.69, 9.17) is 11.6 Å². The Labute approximate surface area is 157 Å². The third-order valence-corrected chi connectivity index (χ3v) is 6.57. The van der Waals surface area contributed by atoms with Gasteiger partial charge in [-0.1, -0.05) is 23.4 Å². The van der Waals surface area contributed by atoms with Crippen molar-refractivity contribution >= 4 is 50.6 Å². The van der Waals surface area contributed by atoms with E-state index in [0.717, 1.165) is 32.0 Å². The summed E-state index contributed by atoms with van der Waals surface area (Å²) in [5.41, 5.74) is 2.81. The monoisotopic (exact) mass is 390 g/mol. The first-order valence-electron chi connectivity index (χ1n) is 7.66. The maximum atomic E-state index is 12.7. The number of hydrogen-bond donors (Lipinski definition) is 0. The number of aryl methyl sites for hydroxylation is 2. The molecule has 128 valence electrons. The summed E-state index contributed by atoms with van der Waals surface area (Å²) in [6.07, 6.45) is 3.78. The molecule has 0 atom stereocenters. The van der Waals surface area contributed by atoms with Gasteiger partial charge in [-0.2, -0.15) is 0 Å². The van der Waals surface area contributed by atoms with Crippen molar-refractivity contribution in [1.82, 2.24) is 18.9 Å². The van der Waals surface area contributed by atoms with Crippen LogP contribution in [0.2, 0.25) is 5.02 Å². The van der Waals surface area contributed by atoms with Gasteiger partial charge >= 0.3 is 0 Å². The van der Waals surface area contributed by atoms with Crippen molar-refractivity contribution in [3.63, 3.8) is 0 Å². The normalized spacial score (nSPS) is 11.7. The minimum Gasteiger partial charge on any atom is -0.305 e. The van der Waals surface area contributed by atoms with E-state index in [-0.39, 0.29) is 5.56 Å². The van der Waals surface area contributed by atoms with Crippen molar-refractivity contribution in [2.75, 3.05) is 0 Å². The SMILES string of the molecule is Cc1sc2nc(SCc3cn4cc(Cl)ccc4n3)n(C)c(=O)c2c1C. The average molecular weight is 391 g/mol. The number of hydrogen-bond acceptors (Lipinski definition) is 5. The van der Waals surface area contributed by atoms with Gasteiger partial charge in [-0.05, 0) is 31.5 Å². The molecule has 0 amide bonds. The van der Waals surface area contributed by atoms with Crippen LogP contribution >= 0.6 is 34.7 Å². The maximum Gasteiger partial charge on any atom is 0.262 e. The number of halogens is 1. The second-order valence-electron chi connectivity index (χ2n) is 5.86. The molecule has 25 heavy (non-hydrogen) atoms. The first-order valence-corrected chi connectivity index (χ1v) is 9.84. The van der Waals surface area contributed by atoms with Gasteiger partial charge in [-0.3, -0.25) is 9.36 Å². The molecule has 4 heterocycles. The number of rotatable bonds is 3. The number of imidazole rings is 1. The van der Waals surface area contributed by atoms with E-state index in [2.05, 4.69) is 9.97 Å². The highest BCUT2D eigenvalue weighted by molar-refractivity contribution is 7.98. The summed E-state index contributed by atoms with van der Waals surface area (Å²) in [4.78, 5) is 23.9. The van der Waals surface area contributed by atoms with Gasteiger partial charge in [-0.15, -0.1) is 11.3 Å². The Bertz CT molecular complexity index is 1180. The van der Waals surface area contributed by atoms with Crippen molar-refractivity contribution in [2.45, 2.75) is 24.8 Å². The summed E-state index contributed by atoms with van der Waals surface area (Å²) < 4.78 is 3.53. The maximum absolute atomic E-state index is 12.7. The Morgan fingerprint density at radius 2 is 2.04 bits per heavy atom. The van der Waals surface area contributed by atoms with Crippen LogP contribution in [0.3, 0.4) is 0 Å². The summed E-state index contributed by atoms with van der Waals surface area (Å²) >= 11 is 9.09. The average Bonchev–Trinajstić information content (AvgIpc) is 3.10. The second-order valence-corrected chi connectivity index (χ2v) is 8.44. The van der Waals surface area contributed by atoms with Crippen molar-refractivity contribution < 1.29 is 0 Å². The van der Waals surface area contributed by atoms with Crippen LogP contribution in [0.25, 0.3) is 15.9 Å². The Morgan fingerprint density at radius 3 is 2.84 bits per heavy atom. The molecule has 0 aliphatic heterocycles. The van der Waals surface area contributed by atoms with E-state index in [1.165, 1.54) is 11.8 Å². The number of pyridine rings is 1. The standard InChI is InChI=1S/C17H15ClN4OS2/c1-9-10(2)25-15-14(9)16(23)21(3)17(20-15)24-8-12-7-22-6-11(18)4-5-13(22)19-12/h4-7H,8H2,1-3H3.